The van der Waals surface area contributed by atoms with Gasteiger partial charge in [-0.25, -0.2) is 4.99 Å². The summed E-state index contributed by atoms with van der Waals surface area (Å²) in [5.74, 6) is 1.72. The van der Waals surface area contributed by atoms with Crippen LogP contribution in [-0.4, -0.2) is 48.7 Å². The van der Waals surface area contributed by atoms with Crippen molar-refractivity contribution >= 4 is 47.2 Å². The second-order valence-electron chi connectivity index (χ2n) is 6.23. The Hall–Kier alpha value is -1.48. The highest BCUT2D eigenvalue weighted by molar-refractivity contribution is 14.0. The number of aliphatic imine (C=N–C) groups is 1. The molecule has 1 aliphatic heterocycles. The molecule has 0 bridgehead atoms. The summed E-state index contributed by atoms with van der Waals surface area (Å²) in [7, 11) is 0. The van der Waals surface area contributed by atoms with E-state index in [0.29, 0.717) is 6.54 Å². The van der Waals surface area contributed by atoms with E-state index in [4.69, 9.17) is 21.1 Å². The molecule has 0 unspecified atom stereocenters. The van der Waals surface area contributed by atoms with E-state index in [0.717, 1.165) is 67.3 Å². The molecule has 2 aromatic rings. The number of guanidine groups is 1. The Kier molecular flexibility index (Phi) is 8.69. The lowest BCUT2D eigenvalue weighted by Crippen LogP contribution is -2.52. The summed E-state index contributed by atoms with van der Waals surface area (Å²) in [6.07, 6.45) is 0.872. The van der Waals surface area contributed by atoms with Crippen LogP contribution < -0.4 is 10.2 Å². The lowest BCUT2D eigenvalue weighted by molar-refractivity contribution is 0.365. The summed E-state index contributed by atoms with van der Waals surface area (Å²) in [5.41, 5.74) is 2.07. The summed E-state index contributed by atoms with van der Waals surface area (Å²) in [6.45, 7) is 9.10. The van der Waals surface area contributed by atoms with Crippen molar-refractivity contribution in [3.05, 3.63) is 46.8 Å². The predicted molar refractivity (Wildman–Crippen MR) is 121 cm³/mol. The lowest BCUT2D eigenvalue weighted by atomic mass is 10.2. The van der Waals surface area contributed by atoms with Gasteiger partial charge in [-0.05, 0) is 25.5 Å². The maximum atomic E-state index is 6.33. The molecule has 0 saturated carbocycles. The molecular weight excluding hydrogens is 477 g/mol. The van der Waals surface area contributed by atoms with Gasteiger partial charge in [-0.3, -0.25) is 0 Å². The molecule has 27 heavy (non-hydrogen) atoms. The van der Waals surface area contributed by atoms with Crippen molar-refractivity contribution in [1.82, 2.24) is 15.4 Å². The first kappa shape index (κ1) is 21.8. The monoisotopic (exact) mass is 503 g/mol. The summed E-state index contributed by atoms with van der Waals surface area (Å²) >= 11 is 6.33. The maximum Gasteiger partial charge on any atom is 0.194 e. The number of benzene rings is 1. The van der Waals surface area contributed by atoms with Crippen LogP contribution in [0.5, 0.6) is 0 Å². The van der Waals surface area contributed by atoms with Gasteiger partial charge in [0.15, 0.2) is 11.7 Å². The molecule has 0 atom stereocenters. The van der Waals surface area contributed by atoms with E-state index < -0.39 is 0 Å². The zero-order chi connectivity index (χ0) is 18.4. The number of para-hydroxylation sites is 1. The van der Waals surface area contributed by atoms with E-state index in [1.54, 1.807) is 0 Å². The molecule has 0 spiro atoms. The van der Waals surface area contributed by atoms with Crippen molar-refractivity contribution < 1.29 is 4.52 Å². The number of nitrogens with one attached hydrogen (secondary N) is 1. The van der Waals surface area contributed by atoms with Gasteiger partial charge in [-0.1, -0.05) is 35.8 Å². The molecule has 6 nitrogen and oxygen atoms in total. The molecule has 8 heteroatoms. The summed E-state index contributed by atoms with van der Waals surface area (Å²) < 4.78 is 5.33. The molecule has 148 valence electrons. The van der Waals surface area contributed by atoms with Crippen LogP contribution in [0.4, 0.5) is 5.69 Å². The Morgan fingerprint density at radius 2 is 1.96 bits per heavy atom. The lowest BCUT2D eigenvalue weighted by Gasteiger charge is -2.38. The number of halogens is 2. The number of hydrogen-bond acceptors (Lipinski definition) is 4. The van der Waals surface area contributed by atoms with Crippen molar-refractivity contribution in [3.63, 3.8) is 0 Å². The van der Waals surface area contributed by atoms with Crippen LogP contribution in [-0.2, 0) is 13.0 Å². The molecule has 1 aromatic heterocycles. The highest BCUT2D eigenvalue weighted by atomic mass is 127. The number of piperazine rings is 1. The predicted octanol–water partition coefficient (Wildman–Crippen LogP) is 3.80. The summed E-state index contributed by atoms with van der Waals surface area (Å²) in [4.78, 5) is 9.33. The molecule has 1 aliphatic rings. The van der Waals surface area contributed by atoms with E-state index in [9.17, 15) is 0 Å². The Morgan fingerprint density at radius 1 is 1.22 bits per heavy atom. The quantitative estimate of drug-likeness (QED) is 0.382. The average molecular weight is 504 g/mol. The number of aryl methyl sites for hydroxylation is 1. The zero-order valence-corrected chi connectivity index (χ0v) is 18.9. The van der Waals surface area contributed by atoms with Crippen molar-refractivity contribution in [2.75, 3.05) is 37.6 Å². The molecular formula is C19H27ClIN5O. The minimum Gasteiger partial charge on any atom is -0.367 e. The van der Waals surface area contributed by atoms with Crippen LogP contribution in [0, 0.1) is 0 Å². The van der Waals surface area contributed by atoms with Gasteiger partial charge in [0, 0.05) is 38.8 Å². The largest absolute Gasteiger partial charge is 0.367 e. The van der Waals surface area contributed by atoms with Crippen molar-refractivity contribution in [3.8, 4) is 0 Å². The van der Waals surface area contributed by atoms with Crippen molar-refractivity contribution in [2.45, 2.75) is 26.8 Å². The molecule has 3 rings (SSSR count). The van der Waals surface area contributed by atoms with Crippen LogP contribution >= 0.6 is 35.6 Å². The topological polar surface area (TPSA) is 56.9 Å². The first-order valence-corrected chi connectivity index (χ1v) is 9.56. The highest BCUT2D eigenvalue weighted by Gasteiger charge is 2.21. The Morgan fingerprint density at radius 3 is 2.59 bits per heavy atom. The second-order valence-corrected chi connectivity index (χ2v) is 6.64. The van der Waals surface area contributed by atoms with Gasteiger partial charge >= 0.3 is 0 Å². The third-order valence-electron chi connectivity index (χ3n) is 4.46. The minimum atomic E-state index is 0. The molecule has 1 N–H and O–H groups in total. The van der Waals surface area contributed by atoms with Gasteiger partial charge in [0.2, 0.25) is 0 Å². The standard InChI is InChI=1S/C19H26ClN5O.HI/c1-3-15-13-16(26-23-15)14-22-19(21-4-2)25-11-9-24(10-12-25)18-8-6-5-7-17(18)20;/h5-8,13H,3-4,9-12,14H2,1-2H3,(H,21,22);1H. The van der Waals surface area contributed by atoms with Gasteiger partial charge < -0.3 is 19.6 Å². The molecule has 0 amide bonds. The number of anilines is 1. The Labute approximate surface area is 183 Å². The van der Waals surface area contributed by atoms with E-state index in [1.165, 1.54) is 0 Å². The van der Waals surface area contributed by atoms with E-state index in [1.807, 2.05) is 24.3 Å². The van der Waals surface area contributed by atoms with Crippen LogP contribution in [0.3, 0.4) is 0 Å². The fourth-order valence-electron chi connectivity index (χ4n) is 3.04. The number of nitrogens with zero attached hydrogens (tertiary/aromatic N) is 4. The fourth-order valence-corrected chi connectivity index (χ4v) is 3.30. The maximum absolute atomic E-state index is 6.33. The number of rotatable bonds is 5. The normalized spacial score (nSPS) is 14.9. The SMILES string of the molecule is CCNC(=NCc1cc(CC)no1)N1CCN(c2ccccc2Cl)CC1.I. The van der Waals surface area contributed by atoms with Gasteiger partial charge in [-0.2, -0.15) is 0 Å². The third-order valence-corrected chi connectivity index (χ3v) is 4.78. The zero-order valence-electron chi connectivity index (χ0n) is 15.8. The van der Waals surface area contributed by atoms with E-state index in [2.05, 4.69) is 40.2 Å². The van der Waals surface area contributed by atoms with Crippen LogP contribution in [0.1, 0.15) is 25.3 Å². The van der Waals surface area contributed by atoms with Gasteiger partial charge in [-0.15, -0.1) is 24.0 Å². The smallest absolute Gasteiger partial charge is 0.194 e. The van der Waals surface area contributed by atoms with Gasteiger partial charge in [0.1, 0.15) is 6.54 Å². The summed E-state index contributed by atoms with van der Waals surface area (Å²) in [5, 5.41) is 8.21. The first-order valence-electron chi connectivity index (χ1n) is 9.18. The molecule has 1 aromatic carbocycles. The molecule has 0 aliphatic carbocycles. The molecule has 2 heterocycles. The van der Waals surface area contributed by atoms with Gasteiger partial charge in [0.05, 0.1) is 16.4 Å². The molecule has 0 radical (unpaired) electrons. The van der Waals surface area contributed by atoms with Crippen LogP contribution in [0.25, 0.3) is 0 Å². The van der Waals surface area contributed by atoms with Gasteiger partial charge in [0.25, 0.3) is 0 Å². The fraction of sp³-hybridized carbons (Fsp3) is 0.474. The van der Waals surface area contributed by atoms with Crippen LogP contribution in [0.2, 0.25) is 5.02 Å². The molecule has 1 saturated heterocycles. The first-order chi connectivity index (χ1) is 12.7. The summed E-state index contributed by atoms with van der Waals surface area (Å²) in [6, 6.07) is 9.98. The van der Waals surface area contributed by atoms with Crippen molar-refractivity contribution in [1.29, 1.82) is 0 Å². The Bertz CT molecular complexity index is 743. The van der Waals surface area contributed by atoms with E-state index >= 15 is 0 Å². The Balaban J connectivity index is 0.00000261. The highest BCUT2D eigenvalue weighted by Crippen LogP contribution is 2.26. The number of hydrogen-bond donors (Lipinski definition) is 1. The average Bonchev–Trinajstić information content (AvgIpc) is 3.14. The minimum absolute atomic E-state index is 0. The third kappa shape index (κ3) is 5.75. The van der Waals surface area contributed by atoms with E-state index in [-0.39, 0.29) is 24.0 Å². The van der Waals surface area contributed by atoms with Crippen molar-refractivity contribution in [2.24, 2.45) is 4.99 Å². The number of aromatic nitrogens is 1. The molecule has 1 fully saturated rings. The second kappa shape index (κ2) is 10.8. The van der Waals surface area contributed by atoms with Crippen LogP contribution in [0.15, 0.2) is 39.8 Å².